The minimum absolute atomic E-state index is 0.143. The van der Waals surface area contributed by atoms with Crippen molar-refractivity contribution in [1.82, 2.24) is 5.32 Å². The van der Waals surface area contributed by atoms with Gasteiger partial charge in [0.05, 0.1) is 5.56 Å². The average Bonchev–Trinajstić information content (AvgIpc) is 2.24. The molecule has 1 N–H and O–H groups in total. The number of hydrogen-bond donors (Lipinski definition) is 1. The minimum atomic E-state index is -4.26. The number of halogens is 3. The molecule has 1 fully saturated rings. The fourth-order valence-electron chi connectivity index (χ4n) is 2.97. The van der Waals surface area contributed by atoms with Gasteiger partial charge >= 0.3 is 6.18 Å². The van der Waals surface area contributed by atoms with E-state index in [9.17, 15) is 13.2 Å². The molecule has 1 aliphatic heterocycles. The number of alkyl halides is 3. The van der Waals surface area contributed by atoms with E-state index in [1.54, 1.807) is 12.1 Å². The lowest BCUT2D eigenvalue weighted by Gasteiger charge is -2.45. The quantitative estimate of drug-likeness (QED) is 0.872. The van der Waals surface area contributed by atoms with Gasteiger partial charge in [0.1, 0.15) is 0 Å². The largest absolute Gasteiger partial charge is 0.416 e. The summed E-state index contributed by atoms with van der Waals surface area (Å²) in [7, 11) is 0. The van der Waals surface area contributed by atoms with Crippen LogP contribution in [0.2, 0.25) is 0 Å². The first-order valence-corrected chi connectivity index (χ1v) is 6.73. The maximum atomic E-state index is 13.0. The molecule has 0 spiro atoms. The molecule has 1 saturated heterocycles. The summed E-state index contributed by atoms with van der Waals surface area (Å²) in [5.41, 5.74) is -0.232. The average molecular weight is 271 g/mol. The Hall–Kier alpha value is -1.03. The van der Waals surface area contributed by atoms with Crippen LogP contribution in [0, 0.1) is 5.92 Å². The van der Waals surface area contributed by atoms with E-state index in [-0.39, 0.29) is 5.54 Å². The predicted octanol–water partition coefficient (Wildman–Crippen LogP) is 4.03. The van der Waals surface area contributed by atoms with E-state index in [0.29, 0.717) is 17.9 Å². The summed E-state index contributed by atoms with van der Waals surface area (Å²) < 4.78 is 39.0. The van der Waals surface area contributed by atoms with Crippen LogP contribution in [0.5, 0.6) is 0 Å². The molecule has 1 atom stereocenters. The lowest BCUT2D eigenvalue weighted by Crippen LogP contribution is -2.59. The zero-order chi connectivity index (χ0) is 14.1. The highest BCUT2D eigenvalue weighted by molar-refractivity contribution is 5.32. The van der Waals surface area contributed by atoms with Crippen molar-refractivity contribution in [3.05, 3.63) is 35.4 Å². The van der Waals surface area contributed by atoms with Gasteiger partial charge in [0.15, 0.2) is 0 Å². The predicted molar refractivity (Wildman–Crippen MR) is 70.0 cm³/mol. The molecule has 1 aromatic rings. The zero-order valence-electron chi connectivity index (χ0n) is 11.3. The van der Waals surface area contributed by atoms with Crippen LogP contribution in [0.15, 0.2) is 24.3 Å². The highest BCUT2D eigenvalue weighted by atomic mass is 19.4. The maximum absolute atomic E-state index is 13.0. The zero-order valence-corrected chi connectivity index (χ0v) is 11.3. The first-order chi connectivity index (χ1) is 8.82. The van der Waals surface area contributed by atoms with E-state index in [4.69, 9.17) is 0 Å². The van der Waals surface area contributed by atoms with Crippen molar-refractivity contribution in [2.75, 3.05) is 6.54 Å². The lowest BCUT2D eigenvalue weighted by molar-refractivity contribution is -0.138. The van der Waals surface area contributed by atoms with Crippen LogP contribution in [-0.4, -0.2) is 12.1 Å². The molecule has 0 amide bonds. The van der Waals surface area contributed by atoms with Crippen LogP contribution in [-0.2, 0) is 12.6 Å². The van der Waals surface area contributed by atoms with Crippen molar-refractivity contribution >= 4 is 0 Å². The Labute approximate surface area is 112 Å². The van der Waals surface area contributed by atoms with Gasteiger partial charge in [-0.05, 0) is 43.4 Å². The van der Waals surface area contributed by atoms with Crippen molar-refractivity contribution in [2.24, 2.45) is 5.92 Å². The number of hydrogen-bond acceptors (Lipinski definition) is 1. The van der Waals surface area contributed by atoms with Crippen LogP contribution < -0.4 is 5.32 Å². The van der Waals surface area contributed by atoms with Crippen molar-refractivity contribution in [1.29, 1.82) is 0 Å². The van der Waals surface area contributed by atoms with E-state index in [1.165, 1.54) is 12.1 Å². The van der Waals surface area contributed by atoms with Crippen molar-refractivity contribution < 1.29 is 13.2 Å². The molecule has 0 radical (unpaired) electrons. The SMILES string of the molecule is CC(C)CC1(Cc2ccccc2C(F)(F)F)CCN1. The van der Waals surface area contributed by atoms with Gasteiger partial charge in [-0.2, -0.15) is 13.2 Å². The second-order valence-electron chi connectivity index (χ2n) is 5.89. The normalized spacial score (nSPS) is 23.5. The Balaban J connectivity index is 2.23. The van der Waals surface area contributed by atoms with Crippen LogP contribution in [0.3, 0.4) is 0 Å². The molecule has 1 heterocycles. The summed E-state index contributed by atoms with van der Waals surface area (Å²) >= 11 is 0. The number of rotatable bonds is 4. The van der Waals surface area contributed by atoms with E-state index < -0.39 is 11.7 Å². The molecule has 0 aliphatic carbocycles. The second kappa shape index (κ2) is 5.16. The van der Waals surface area contributed by atoms with Crippen LogP contribution >= 0.6 is 0 Å². The molecule has 1 unspecified atom stereocenters. The third-order valence-corrected chi connectivity index (χ3v) is 3.75. The molecule has 4 heteroatoms. The Morgan fingerprint density at radius 3 is 2.37 bits per heavy atom. The van der Waals surface area contributed by atoms with Crippen LogP contribution in [0.4, 0.5) is 13.2 Å². The fourth-order valence-corrected chi connectivity index (χ4v) is 2.97. The third kappa shape index (κ3) is 3.30. The van der Waals surface area contributed by atoms with Crippen molar-refractivity contribution in [2.45, 2.75) is 44.8 Å². The molecule has 1 aliphatic rings. The van der Waals surface area contributed by atoms with Gasteiger partial charge in [0, 0.05) is 5.54 Å². The van der Waals surface area contributed by atoms with Gasteiger partial charge in [-0.15, -0.1) is 0 Å². The molecule has 0 saturated carbocycles. The second-order valence-corrected chi connectivity index (χ2v) is 5.89. The van der Waals surface area contributed by atoms with Gasteiger partial charge < -0.3 is 5.32 Å². The summed E-state index contributed by atoms with van der Waals surface area (Å²) in [6, 6.07) is 5.92. The van der Waals surface area contributed by atoms with E-state index in [1.807, 2.05) is 0 Å². The number of benzene rings is 1. The van der Waals surface area contributed by atoms with Gasteiger partial charge in [-0.25, -0.2) is 0 Å². The van der Waals surface area contributed by atoms with E-state index in [2.05, 4.69) is 19.2 Å². The van der Waals surface area contributed by atoms with Crippen molar-refractivity contribution in [3.63, 3.8) is 0 Å². The Morgan fingerprint density at radius 2 is 1.89 bits per heavy atom. The molecule has 1 aromatic carbocycles. The highest BCUT2D eigenvalue weighted by Gasteiger charge is 2.40. The summed E-state index contributed by atoms with van der Waals surface area (Å²) in [4.78, 5) is 0. The Morgan fingerprint density at radius 1 is 1.26 bits per heavy atom. The standard InChI is InChI=1S/C15H20F3N/c1-11(2)9-14(7-8-19-14)10-12-5-3-4-6-13(12)15(16,17)18/h3-6,11,19H,7-10H2,1-2H3. The summed E-state index contributed by atoms with van der Waals surface area (Å²) in [5, 5.41) is 3.35. The Kier molecular flexibility index (Phi) is 3.90. The monoisotopic (exact) mass is 271 g/mol. The van der Waals surface area contributed by atoms with Crippen LogP contribution in [0.1, 0.15) is 37.8 Å². The Bertz CT molecular complexity index is 433. The van der Waals surface area contributed by atoms with Gasteiger partial charge in [0.2, 0.25) is 0 Å². The molecular formula is C15H20F3N. The lowest BCUT2D eigenvalue weighted by atomic mass is 9.75. The van der Waals surface area contributed by atoms with E-state index in [0.717, 1.165) is 19.4 Å². The fraction of sp³-hybridized carbons (Fsp3) is 0.600. The summed E-state index contributed by atoms with van der Waals surface area (Å²) in [6.07, 6.45) is -1.93. The van der Waals surface area contributed by atoms with E-state index >= 15 is 0 Å². The molecule has 1 nitrogen and oxygen atoms in total. The van der Waals surface area contributed by atoms with Crippen LogP contribution in [0.25, 0.3) is 0 Å². The maximum Gasteiger partial charge on any atom is 0.416 e. The molecular weight excluding hydrogens is 251 g/mol. The first kappa shape index (κ1) is 14.4. The summed E-state index contributed by atoms with van der Waals surface area (Å²) in [6.45, 7) is 5.12. The van der Waals surface area contributed by atoms with Gasteiger partial charge in [0.25, 0.3) is 0 Å². The van der Waals surface area contributed by atoms with Gasteiger partial charge in [-0.3, -0.25) is 0 Å². The summed E-state index contributed by atoms with van der Waals surface area (Å²) in [5.74, 6) is 0.478. The molecule has 106 valence electrons. The number of nitrogens with one attached hydrogen (secondary N) is 1. The first-order valence-electron chi connectivity index (χ1n) is 6.73. The minimum Gasteiger partial charge on any atom is -0.311 e. The topological polar surface area (TPSA) is 12.0 Å². The van der Waals surface area contributed by atoms with Crippen molar-refractivity contribution in [3.8, 4) is 0 Å². The third-order valence-electron chi connectivity index (χ3n) is 3.75. The molecule has 0 aromatic heterocycles. The smallest absolute Gasteiger partial charge is 0.311 e. The molecule has 19 heavy (non-hydrogen) atoms. The molecule has 0 bridgehead atoms. The van der Waals surface area contributed by atoms with Gasteiger partial charge in [-0.1, -0.05) is 32.0 Å². The highest BCUT2D eigenvalue weighted by Crippen LogP contribution is 2.37. The molecule has 2 rings (SSSR count).